The summed E-state index contributed by atoms with van der Waals surface area (Å²) in [5, 5.41) is 90.6. The lowest BCUT2D eigenvalue weighted by atomic mass is 10.1. The lowest BCUT2D eigenvalue weighted by Crippen LogP contribution is -2.16. The first kappa shape index (κ1) is 89.5. The summed E-state index contributed by atoms with van der Waals surface area (Å²) in [5.74, 6) is -3.11. The van der Waals surface area contributed by atoms with E-state index >= 15 is 0 Å². The standard InChI is InChI=1S/C14H13NO8.C14H14O6.C12H9NO8.C12H10O6.C10H16O5.C6H6O3.HNO3/c1-4-22-13(16)8-5-7-6-9(15(18)19)11(20-2)12(21-3)10(7)23-14(8)17;1-4-19-13(15)9-7-8-5-6-10(17-2)12(18-3)11(8)20-14(9)16;1-19-9-7(13(17)18)4-5-3-6(11(14)15)12(16)21-8(5)10(9)20-2;1-2-17-11(15)7-5-6-3-4-8(13)9(14)10(6)18-12(7)16;1-4-11-9-10(15-13-6-3)7-8-14-12-5-2;7-4-2-1-3-5(8)6(4)9;2-1(3)4/h5-6H,4H2,1-3H3;5-7H,4H2,1-3H3;3-4H,1-2H3,(H,14,15);3-5,13-14H,2H2,1H3;9H,4-6H2,1-3H3;1-3,7-9H;(H,2,3,4)/b;;;;10-9+;;. The highest BCUT2D eigenvalue weighted by Gasteiger charge is 2.29. The molecule has 42 nitrogen and oxygen atoms in total. The summed E-state index contributed by atoms with van der Waals surface area (Å²) < 4.78 is 69.4. The van der Waals surface area contributed by atoms with Crippen molar-refractivity contribution in [1.29, 1.82) is 0 Å². The molecule has 4 aromatic heterocycles. The number of aromatic hydroxyl groups is 5. The van der Waals surface area contributed by atoms with Gasteiger partial charge in [0.15, 0.2) is 57.2 Å². The van der Waals surface area contributed by atoms with Crippen LogP contribution < -0.4 is 50.9 Å². The molecule has 0 radical (unpaired) electrons. The van der Waals surface area contributed by atoms with E-state index in [1.807, 2.05) is 6.92 Å². The Balaban J connectivity index is 0.000000344. The Kier molecular flexibility index (Phi) is 35.9. The predicted molar refractivity (Wildman–Crippen MR) is 374 cm³/mol. The van der Waals surface area contributed by atoms with Gasteiger partial charge in [-0.2, -0.15) is 9.78 Å². The number of nitro groups is 2. The van der Waals surface area contributed by atoms with Crippen LogP contribution in [0, 0.1) is 42.4 Å². The van der Waals surface area contributed by atoms with Gasteiger partial charge in [0.05, 0.1) is 92.1 Å². The third-order valence-corrected chi connectivity index (χ3v) is 12.9. The fourth-order valence-corrected chi connectivity index (χ4v) is 8.33. The lowest BCUT2D eigenvalue weighted by molar-refractivity contribution is -0.742. The van der Waals surface area contributed by atoms with Crippen LogP contribution >= 0.6 is 0 Å². The molecule has 0 atom stereocenters. The smallest absolute Gasteiger partial charge is 0.351 e. The molecule has 0 unspecified atom stereocenters. The molecule has 0 aliphatic carbocycles. The maximum atomic E-state index is 11.9. The van der Waals surface area contributed by atoms with Crippen molar-refractivity contribution in [3.05, 3.63) is 185 Å². The summed E-state index contributed by atoms with van der Waals surface area (Å²) in [6.45, 7) is 12.0. The second kappa shape index (κ2) is 44.1. The highest BCUT2D eigenvalue weighted by Crippen LogP contribution is 2.45. The summed E-state index contributed by atoms with van der Waals surface area (Å²) in [4.78, 5) is 140. The number of aromatic carboxylic acids is 1. The molecule has 0 bridgehead atoms. The Labute approximate surface area is 616 Å². The molecular weight excluding hydrogens is 1480 g/mol. The van der Waals surface area contributed by atoms with Gasteiger partial charge in [0.1, 0.15) is 28.5 Å². The number of carbonyl (C=O) groups excluding carboxylic acids is 3. The Hall–Kier alpha value is -14.8. The molecular formula is C68H69N3O39. The lowest BCUT2D eigenvalue weighted by Gasteiger charge is -2.10. The second-order valence-electron chi connectivity index (χ2n) is 19.6. The normalized spacial score (nSPS) is 10.1. The molecule has 42 heteroatoms. The number of phenols is 5. The Morgan fingerprint density at radius 2 is 0.827 bits per heavy atom. The number of carboxylic acid groups (broad SMARTS) is 1. The van der Waals surface area contributed by atoms with Gasteiger partial charge in [-0.25, -0.2) is 38.4 Å². The number of carbonyl (C=O) groups is 4. The van der Waals surface area contributed by atoms with Gasteiger partial charge in [-0.05, 0) is 102 Å². The number of esters is 3. The van der Waals surface area contributed by atoms with Crippen LogP contribution in [-0.4, -0.2) is 157 Å². The molecule has 0 fully saturated rings. The van der Waals surface area contributed by atoms with Gasteiger partial charge in [-0.15, -0.1) is 10.1 Å². The summed E-state index contributed by atoms with van der Waals surface area (Å²) in [5.41, 5.74) is -6.10. The number of para-hydroxylation sites is 1. The molecule has 4 heterocycles. The predicted octanol–water partition coefficient (Wildman–Crippen LogP) is 8.90. The minimum atomic E-state index is -1.50. The molecule has 0 amide bonds. The monoisotopic (exact) mass is 1550 g/mol. The quantitative estimate of drug-likeness (QED) is 0.00318. The van der Waals surface area contributed by atoms with Crippen molar-refractivity contribution in [3.8, 4) is 75.3 Å². The molecule has 0 spiro atoms. The van der Waals surface area contributed by atoms with E-state index in [0.29, 0.717) is 42.1 Å². The van der Waals surface area contributed by atoms with Crippen molar-refractivity contribution in [1.82, 2.24) is 0 Å². The number of phenolic OH excluding ortho intramolecular Hbond substituents is 5. The largest absolute Gasteiger partial charge is 0.504 e. The number of methoxy groups -OCH3 is 6. The first-order valence-corrected chi connectivity index (χ1v) is 30.9. The van der Waals surface area contributed by atoms with E-state index in [1.54, 1.807) is 46.8 Å². The Bertz CT molecular complexity index is 5100. The zero-order valence-corrected chi connectivity index (χ0v) is 59.9. The third-order valence-electron chi connectivity index (χ3n) is 12.9. The number of ether oxygens (including phenoxy) is 10. The number of nitrogens with zero attached hydrogens (tertiary/aromatic N) is 3. The number of fused-ring (bicyclic) bond motifs is 4. The van der Waals surface area contributed by atoms with Gasteiger partial charge in [0.2, 0.25) is 34.5 Å². The number of hydrogen-bond donors (Lipinski definition) is 7. The van der Waals surface area contributed by atoms with Crippen molar-refractivity contribution in [2.24, 2.45) is 0 Å². The Morgan fingerprint density at radius 1 is 0.455 bits per heavy atom. The molecule has 9 aromatic rings. The number of rotatable bonds is 22. The molecule has 110 heavy (non-hydrogen) atoms. The van der Waals surface area contributed by atoms with Crippen molar-refractivity contribution >= 4 is 79.1 Å². The van der Waals surface area contributed by atoms with Crippen LogP contribution in [0.2, 0.25) is 0 Å². The SMILES string of the molecule is CCO/C=C(\C#COOCC)OOCC.CCOC(=O)c1cc2cc([N+](=O)[O-])c(OC)c(OC)c2oc1=O.CCOC(=O)c1cc2ccc(O)c(O)c2oc1=O.CCOC(=O)c1cc2ccc(OC)c(OC)c2oc1=O.COc1c([N+](=O)[O-])cc2cc(C(=O)O)c(=O)oc2c1OC.O=[N+]([O-])O.Oc1cccc(O)c1O. The van der Waals surface area contributed by atoms with E-state index in [4.69, 9.17) is 111 Å². The van der Waals surface area contributed by atoms with E-state index in [9.17, 15) is 68.8 Å². The van der Waals surface area contributed by atoms with Crippen LogP contribution in [0.5, 0.6) is 63.2 Å². The fraction of sp³-hybridized carbons (Fsp3) is 0.265. The van der Waals surface area contributed by atoms with Gasteiger partial charge >= 0.3 is 57.8 Å². The number of nitro benzene ring substituents is 2. The van der Waals surface area contributed by atoms with Crippen LogP contribution in [0.1, 0.15) is 83.0 Å². The molecule has 5 aromatic carbocycles. The minimum absolute atomic E-state index is 0.0383. The van der Waals surface area contributed by atoms with E-state index in [2.05, 4.69) is 21.8 Å². The third kappa shape index (κ3) is 24.4. The highest BCUT2D eigenvalue weighted by molar-refractivity contribution is 5.98. The van der Waals surface area contributed by atoms with Crippen molar-refractivity contribution in [2.75, 3.05) is 82.3 Å². The molecule has 9 rings (SSSR count). The van der Waals surface area contributed by atoms with Crippen molar-refractivity contribution in [3.63, 3.8) is 0 Å². The highest BCUT2D eigenvalue weighted by atomic mass is 17.2. The van der Waals surface area contributed by atoms with E-state index in [1.165, 1.54) is 91.4 Å². The number of carboxylic acids is 1. The number of hydrogen-bond acceptors (Lipinski definition) is 37. The van der Waals surface area contributed by atoms with E-state index < -0.39 is 89.8 Å². The van der Waals surface area contributed by atoms with Crippen LogP contribution in [0.3, 0.4) is 0 Å². The van der Waals surface area contributed by atoms with E-state index in [0.717, 1.165) is 24.3 Å². The van der Waals surface area contributed by atoms with Gasteiger partial charge < -0.3 is 106 Å². The summed E-state index contributed by atoms with van der Waals surface area (Å²) >= 11 is 0. The summed E-state index contributed by atoms with van der Waals surface area (Å²) in [7, 11) is 7.81. The van der Waals surface area contributed by atoms with Crippen molar-refractivity contribution in [2.45, 2.75) is 41.5 Å². The molecule has 7 N–H and O–H groups in total. The molecule has 0 aliphatic heterocycles. The first-order valence-electron chi connectivity index (χ1n) is 30.9. The number of benzene rings is 5. The van der Waals surface area contributed by atoms with E-state index in [-0.39, 0.29) is 116 Å². The average molecular weight is 1550 g/mol. The Morgan fingerprint density at radius 3 is 1.20 bits per heavy atom. The minimum Gasteiger partial charge on any atom is -0.504 e. The molecule has 0 saturated carbocycles. The molecule has 590 valence electrons. The van der Waals surface area contributed by atoms with Crippen molar-refractivity contribution < 1.29 is 155 Å². The zero-order chi connectivity index (χ0) is 82.6. The molecule has 0 saturated heterocycles. The molecule has 0 aliphatic rings. The topological polar surface area (TPSA) is 589 Å². The van der Waals surface area contributed by atoms with Gasteiger partial charge in [0, 0.05) is 39.6 Å². The maximum absolute atomic E-state index is 11.9. The summed E-state index contributed by atoms with van der Waals surface area (Å²) in [6.07, 6.45) is 3.62. The fourth-order valence-electron chi connectivity index (χ4n) is 8.33. The van der Waals surface area contributed by atoms with Gasteiger partial charge in [-0.1, -0.05) is 6.07 Å². The second-order valence-corrected chi connectivity index (χ2v) is 19.6. The van der Waals surface area contributed by atoms with Crippen LogP contribution in [0.25, 0.3) is 43.9 Å². The van der Waals surface area contributed by atoms with Gasteiger partial charge in [-0.3, -0.25) is 25.1 Å². The van der Waals surface area contributed by atoms with Crippen LogP contribution in [-0.2, 0) is 38.5 Å². The first-order chi connectivity index (χ1) is 52.3. The van der Waals surface area contributed by atoms with Crippen LogP contribution in [0.15, 0.2) is 128 Å². The maximum Gasteiger partial charge on any atom is 0.351 e. The number of allylic oxidation sites excluding steroid dienone is 1. The zero-order valence-electron chi connectivity index (χ0n) is 59.9. The van der Waals surface area contributed by atoms with Gasteiger partial charge in [0.25, 0.3) is 10.8 Å². The average Bonchev–Trinajstić information content (AvgIpc) is 0.778. The summed E-state index contributed by atoms with van der Waals surface area (Å²) in [6, 6.07) is 17.0. The van der Waals surface area contributed by atoms with Crippen LogP contribution in [0.4, 0.5) is 11.4 Å².